The van der Waals surface area contributed by atoms with Crippen LogP contribution < -0.4 is 0 Å². The van der Waals surface area contributed by atoms with Crippen LogP contribution in [0.15, 0.2) is 10.6 Å². The van der Waals surface area contributed by atoms with Gasteiger partial charge in [-0.1, -0.05) is 5.16 Å². The fourth-order valence-corrected chi connectivity index (χ4v) is 2.11. The van der Waals surface area contributed by atoms with Crippen LogP contribution >= 0.6 is 0 Å². The Balaban J connectivity index is 1.75. The first-order valence-corrected chi connectivity index (χ1v) is 5.42. The number of hydrogen-bond donors (Lipinski definition) is 1. The Morgan fingerprint density at radius 3 is 2.87 bits per heavy atom. The molecule has 0 atom stereocenters. The zero-order valence-corrected chi connectivity index (χ0v) is 9.31. The molecule has 1 fully saturated rings. The lowest BCUT2D eigenvalue weighted by Gasteiger charge is -2.34. The molecule has 4 heteroatoms. The van der Waals surface area contributed by atoms with Crippen molar-refractivity contribution in [3.63, 3.8) is 0 Å². The van der Waals surface area contributed by atoms with Gasteiger partial charge in [-0.3, -0.25) is 4.90 Å². The summed E-state index contributed by atoms with van der Waals surface area (Å²) < 4.78 is 5.15. The standard InChI is InChI=1S/C11H18N2O2/c1-8-3-11(15-12-8)7-13(2)6-9-4-10(14)5-9/h3,9-10,14H,4-7H2,1-2H3. The van der Waals surface area contributed by atoms with Gasteiger partial charge in [0.15, 0.2) is 5.76 Å². The maximum Gasteiger partial charge on any atom is 0.150 e. The van der Waals surface area contributed by atoms with Gasteiger partial charge >= 0.3 is 0 Å². The van der Waals surface area contributed by atoms with E-state index in [1.54, 1.807) is 0 Å². The first kappa shape index (κ1) is 10.6. The molecule has 2 rings (SSSR count). The van der Waals surface area contributed by atoms with Crippen LogP contribution in [0, 0.1) is 12.8 Å². The minimum atomic E-state index is -0.0593. The second kappa shape index (κ2) is 4.33. The molecular weight excluding hydrogens is 192 g/mol. The topological polar surface area (TPSA) is 49.5 Å². The average Bonchev–Trinajstić information content (AvgIpc) is 2.48. The van der Waals surface area contributed by atoms with Gasteiger partial charge in [0, 0.05) is 12.6 Å². The van der Waals surface area contributed by atoms with Gasteiger partial charge in [-0.05, 0) is 32.7 Å². The van der Waals surface area contributed by atoms with E-state index in [9.17, 15) is 5.11 Å². The molecule has 1 aromatic rings. The number of aromatic nitrogens is 1. The van der Waals surface area contributed by atoms with Crippen molar-refractivity contribution in [2.24, 2.45) is 5.92 Å². The van der Waals surface area contributed by atoms with E-state index < -0.39 is 0 Å². The van der Waals surface area contributed by atoms with Crippen molar-refractivity contribution >= 4 is 0 Å². The fourth-order valence-electron chi connectivity index (χ4n) is 2.11. The summed E-state index contributed by atoms with van der Waals surface area (Å²) in [5.41, 5.74) is 0.928. The Morgan fingerprint density at radius 1 is 1.60 bits per heavy atom. The Hall–Kier alpha value is -0.870. The van der Waals surface area contributed by atoms with Gasteiger partial charge < -0.3 is 9.63 Å². The monoisotopic (exact) mass is 210 g/mol. The third-order valence-corrected chi connectivity index (χ3v) is 2.88. The van der Waals surface area contributed by atoms with Crippen molar-refractivity contribution in [2.45, 2.75) is 32.4 Å². The number of rotatable bonds is 4. The lowest BCUT2D eigenvalue weighted by Crippen LogP contribution is -2.36. The van der Waals surface area contributed by atoms with E-state index in [0.29, 0.717) is 5.92 Å². The zero-order chi connectivity index (χ0) is 10.8. The quantitative estimate of drug-likeness (QED) is 0.811. The normalized spacial score (nSPS) is 25.6. The SMILES string of the molecule is Cc1cc(CN(C)CC2CC(O)C2)on1. The molecule has 0 aromatic carbocycles. The smallest absolute Gasteiger partial charge is 0.150 e. The highest BCUT2D eigenvalue weighted by Crippen LogP contribution is 2.27. The molecule has 0 radical (unpaired) electrons. The first-order valence-electron chi connectivity index (χ1n) is 5.42. The summed E-state index contributed by atoms with van der Waals surface area (Å²) in [6.07, 6.45) is 1.83. The van der Waals surface area contributed by atoms with Crippen LogP contribution in [0.4, 0.5) is 0 Å². The molecule has 0 saturated heterocycles. The summed E-state index contributed by atoms with van der Waals surface area (Å²) in [5, 5.41) is 13.0. The van der Waals surface area contributed by atoms with Crippen molar-refractivity contribution in [3.8, 4) is 0 Å². The third kappa shape index (κ3) is 2.79. The average molecular weight is 210 g/mol. The van der Waals surface area contributed by atoms with Crippen molar-refractivity contribution < 1.29 is 9.63 Å². The van der Waals surface area contributed by atoms with E-state index in [0.717, 1.165) is 37.4 Å². The molecule has 1 saturated carbocycles. The van der Waals surface area contributed by atoms with Crippen LogP contribution in [0.1, 0.15) is 24.3 Å². The van der Waals surface area contributed by atoms with Crippen LogP contribution in [-0.2, 0) is 6.54 Å². The maximum absolute atomic E-state index is 9.18. The van der Waals surface area contributed by atoms with Crippen LogP contribution in [0.5, 0.6) is 0 Å². The summed E-state index contributed by atoms with van der Waals surface area (Å²) in [6.45, 7) is 3.75. The first-order chi connectivity index (χ1) is 7.13. The van der Waals surface area contributed by atoms with Gasteiger partial charge in [-0.2, -0.15) is 0 Å². The van der Waals surface area contributed by atoms with Crippen molar-refractivity contribution in [3.05, 3.63) is 17.5 Å². The highest BCUT2D eigenvalue weighted by atomic mass is 16.5. The van der Waals surface area contributed by atoms with E-state index in [4.69, 9.17) is 4.52 Å². The minimum absolute atomic E-state index is 0.0593. The van der Waals surface area contributed by atoms with Gasteiger partial charge in [0.25, 0.3) is 0 Å². The molecule has 4 nitrogen and oxygen atoms in total. The van der Waals surface area contributed by atoms with Crippen LogP contribution in [0.2, 0.25) is 0 Å². The number of aryl methyl sites for hydroxylation is 1. The van der Waals surface area contributed by atoms with Crippen molar-refractivity contribution in [1.29, 1.82) is 0 Å². The van der Waals surface area contributed by atoms with Crippen LogP contribution in [0.25, 0.3) is 0 Å². The Labute approximate surface area is 89.9 Å². The number of nitrogens with zero attached hydrogens (tertiary/aromatic N) is 2. The van der Waals surface area contributed by atoms with E-state index >= 15 is 0 Å². The molecule has 0 unspecified atom stereocenters. The molecule has 0 amide bonds. The Bertz CT molecular complexity index is 318. The second-order valence-electron chi connectivity index (χ2n) is 4.62. The molecule has 1 N–H and O–H groups in total. The Kier molecular flexibility index (Phi) is 3.07. The van der Waals surface area contributed by atoms with E-state index in [1.165, 1.54) is 0 Å². The zero-order valence-electron chi connectivity index (χ0n) is 9.31. The third-order valence-electron chi connectivity index (χ3n) is 2.88. The molecule has 1 aliphatic rings. The minimum Gasteiger partial charge on any atom is -0.393 e. The van der Waals surface area contributed by atoms with Gasteiger partial charge in [0.2, 0.25) is 0 Å². The summed E-state index contributed by atoms with van der Waals surface area (Å²) in [6, 6.07) is 1.96. The second-order valence-corrected chi connectivity index (χ2v) is 4.62. The molecule has 15 heavy (non-hydrogen) atoms. The fraction of sp³-hybridized carbons (Fsp3) is 0.727. The molecule has 0 bridgehead atoms. The lowest BCUT2D eigenvalue weighted by atomic mass is 9.82. The predicted octanol–water partition coefficient (Wildman–Crippen LogP) is 1.19. The molecule has 0 aliphatic heterocycles. The van der Waals surface area contributed by atoms with Crippen molar-refractivity contribution in [1.82, 2.24) is 10.1 Å². The van der Waals surface area contributed by atoms with Gasteiger partial charge in [0.05, 0.1) is 18.3 Å². The number of aliphatic hydroxyl groups excluding tert-OH is 1. The molecule has 84 valence electrons. The van der Waals surface area contributed by atoms with Crippen LogP contribution in [0.3, 0.4) is 0 Å². The molecule has 1 aromatic heterocycles. The molecule has 1 aliphatic carbocycles. The summed E-state index contributed by atoms with van der Waals surface area (Å²) in [4.78, 5) is 2.22. The molecular formula is C11H18N2O2. The van der Waals surface area contributed by atoms with E-state index in [1.807, 2.05) is 13.0 Å². The number of aliphatic hydroxyl groups is 1. The summed E-state index contributed by atoms with van der Waals surface area (Å²) in [7, 11) is 2.07. The van der Waals surface area contributed by atoms with E-state index in [2.05, 4.69) is 17.1 Å². The maximum atomic E-state index is 9.18. The largest absolute Gasteiger partial charge is 0.393 e. The van der Waals surface area contributed by atoms with E-state index in [-0.39, 0.29) is 6.10 Å². The highest BCUT2D eigenvalue weighted by molar-refractivity contribution is 5.02. The molecule has 0 spiro atoms. The summed E-state index contributed by atoms with van der Waals surface area (Å²) in [5.74, 6) is 1.56. The van der Waals surface area contributed by atoms with Gasteiger partial charge in [-0.25, -0.2) is 0 Å². The van der Waals surface area contributed by atoms with Gasteiger partial charge in [0.1, 0.15) is 0 Å². The highest BCUT2D eigenvalue weighted by Gasteiger charge is 2.27. The van der Waals surface area contributed by atoms with Crippen molar-refractivity contribution in [2.75, 3.05) is 13.6 Å². The lowest BCUT2D eigenvalue weighted by molar-refractivity contribution is 0.0264. The molecule has 1 heterocycles. The summed E-state index contributed by atoms with van der Waals surface area (Å²) >= 11 is 0. The Morgan fingerprint density at radius 2 is 2.33 bits per heavy atom. The predicted molar refractivity (Wildman–Crippen MR) is 56.3 cm³/mol. The number of hydrogen-bond acceptors (Lipinski definition) is 4. The van der Waals surface area contributed by atoms with Gasteiger partial charge in [-0.15, -0.1) is 0 Å². The van der Waals surface area contributed by atoms with Crippen LogP contribution in [-0.4, -0.2) is 34.9 Å².